The minimum atomic E-state index is -0.0871. The first-order chi connectivity index (χ1) is 8.29. The molecule has 0 amide bonds. The molecule has 3 rings (SSSR count). The molecule has 1 aromatic rings. The Hall–Kier alpha value is -1.09. The largest absolute Gasteiger partial charge is 0.497 e. The lowest BCUT2D eigenvalue weighted by Crippen LogP contribution is -2.39. The van der Waals surface area contributed by atoms with Crippen molar-refractivity contribution in [1.29, 1.82) is 0 Å². The van der Waals surface area contributed by atoms with Gasteiger partial charge in [0.05, 0.1) is 7.11 Å². The SMILES string of the molecule is COc1cc(F)c2c(c1)CCN1CCCCC21. The van der Waals surface area contributed by atoms with Crippen molar-refractivity contribution >= 4 is 0 Å². The molecular formula is C14H18FNO. The predicted octanol–water partition coefficient (Wildman–Crippen LogP) is 2.92. The van der Waals surface area contributed by atoms with Crippen molar-refractivity contribution in [2.24, 2.45) is 0 Å². The van der Waals surface area contributed by atoms with Gasteiger partial charge < -0.3 is 4.74 Å². The highest BCUT2D eigenvalue weighted by Gasteiger charge is 2.32. The van der Waals surface area contributed by atoms with Crippen LogP contribution in [0.3, 0.4) is 0 Å². The first-order valence-electron chi connectivity index (χ1n) is 6.40. The van der Waals surface area contributed by atoms with E-state index < -0.39 is 0 Å². The number of fused-ring (bicyclic) bond motifs is 3. The van der Waals surface area contributed by atoms with Gasteiger partial charge in [0.1, 0.15) is 11.6 Å². The highest BCUT2D eigenvalue weighted by molar-refractivity contribution is 5.40. The minimum Gasteiger partial charge on any atom is -0.497 e. The van der Waals surface area contributed by atoms with E-state index >= 15 is 0 Å². The second kappa shape index (κ2) is 4.30. The summed E-state index contributed by atoms with van der Waals surface area (Å²) in [5, 5.41) is 0. The minimum absolute atomic E-state index is 0.0871. The summed E-state index contributed by atoms with van der Waals surface area (Å²) in [6.07, 6.45) is 4.51. The molecule has 1 atom stereocenters. The maximum Gasteiger partial charge on any atom is 0.131 e. The number of piperidine rings is 1. The van der Waals surface area contributed by atoms with Crippen LogP contribution in [0.15, 0.2) is 12.1 Å². The molecule has 17 heavy (non-hydrogen) atoms. The summed E-state index contributed by atoms with van der Waals surface area (Å²) in [5.41, 5.74) is 2.07. The van der Waals surface area contributed by atoms with Gasteiger partial charge in [0.15, 0.2) is 0 Å². The molecule has 3 heteroatoms. The van der Waals surface area contributed by atoms with Crippen LogP contribution < -0.4 is 4.74 Å². The van der Waals surface area contributed by atoms with Crippen molar-refractivity contribution in [3.8, 4) is 5.75 Å². The van der Waals surface area contributed by atoms with Crippen LogP contribution in [0.2, 0.25) is 0 Å². The van der Waals surface area contributed by atoms with Crippen molar-refractivity contribution in [2.75, 3.05) is 20.2 Å². The predicted molar refractivity (Wildman–Crippen MR) is 64.8 cm³/mol. The van der Waals surface area contributed by atoms with Crippen molar-refractivity contribution in [1.82, 2.24) is 4.90 Å². The number of hydrogen-bond donors (Lipinski definition) is 0. The fourth-order valence-corrected chi connectivity index (χ4v) is 3.19. The van der Waals surface area contributed by atoms with Crippen LogP contribution in [0.5, 0.6) is 5.75 Å². The Balaban J connectivity index is 2.04. The summed E-state index contributed by atoms with van der Waals surface area (Å²) in [5.74, 6) is 0.557. The fourth-order valence-electron chi connectivity index (χ4n) is 3.19. The Kier molecular flexibility index (Phi) is 2.79. The van der Waals surface area contributed by atoms with E-state index in [1.165, 1.54) is 18.9 Å². The molecule has 0 radical (unpaired) electrons. The van der Waals surface area contributed by atoms with E-state index in [1.54, 1.807) is 7.11 Å². The Labute approximate surface area is 101 Å². The molecule has 2 heterocycles. The smallest absolute Gasteiger partial charge is 0.131 e. The second-order valence-electron chi connectivity index (χ2n) is 4.98. The van der Waals surface area contributed by atoms with Crippen LogP contribution in [0.1, 0.15) is 36.4 Å². The van der Waals surface area contributed by atoms with E-state index in [1.807, 2.05) is 6.07 Å². The zero-order valence-corrected chi connectivity index (χ0v) is 10.2. The summed E-state index contributed by atoms with van der Waals surface area (Å²) >= 11 is 0. The molecule has 0 aliphatic carbocycles. The number of rotatable bonds is 1. The van der Waals surface area contributed by atoms with Gasteiger partial charge in [-0.15, -0.1) is 0 Å². The van der Waals surface area contributed by atoms with Crippen LogP contribution in [0.4, 0.5) is 4.39 Å². The van der Waals surface area contributed by atoms with Gasteiger partial charge in [0.2, 0.25) is 0 Å². The molecule has 1 unspecified atom stereocenters. The first-order valence-corrected chi connectivity index (χ1v) is 6.40. The monoisotopic (exact) mass is 235 g/mol. The van der Waals surface area contributed by atoms with Gasteiger partial charge in [-0.2, -0.15) is 0 Å². The van der Waals surface area contributed by atoms with Crippen LogP contribution in [0, 0.1) is 5.82 Å². The highest BCUT2D eigenvalue weighted by atomic mass is 19.1. The molecule has 1 saturated heterocycles. The second-order valence-corrected chi connectivity index (χ2v) is 4.98. The third-order valence-electron chi connectivity index (χ3n) is 4.04. The molecule has 2 aliphatic heterocycles. The van der Waals surface area contributed by atoms with Crippen LogP contribution in [0.25, 0.3) is 0 Å². The fraction of sp³-hybridized carbons (Fsp3) is 0.571. The Bertz CT molecular complexity index is 432. The molecule has 1 aromatic carbocycles. The number of hydrogen-bond acceptors (Lipinski definition) is 2. The maximum atomic E-state index is 14.2. The zero-order valence-electron chi connectivity index (χ0n) is 10.2. The third kappa shape index (κ3) is 1.82. The van der Waals surface area contributed by atoms with Gasteiger partial charge >= 0.3 is 0 Å². The van der Waals surface area contributed by atoms with Gasteiger partial charge in [-0.3, -0.25) is 4.90 Å². The quantitative estimate of drug-likeness (QED) is 0.742. The number of methoxy groups -OCH3 is 1. The summed E-state index contributed by atoms with van der Waals surface area (Å²) in [7, 11) is 1.59. The standard InChI is InChI=1S/C14H18FNO/c1-17-11-8-10-5-7-16-6-3-2-4-13(16)14(10)12(15)9-11/h8-9,13H,2-7H2,1H3. The molecule has 0 aromatic heterocycles. The number of nitrogens with zero attached hydrogens (tertiary/aromatic N) is 1. The van der Waals surface area contributed by atoms with Gasteiger partial charge in [-0.25, -0.2) is 4.39 Å². The molecule has 2 nitrogen and oxygen atoms in total. The lowest BCUT2D eigenvalue weighted by Gasteiger charge is -2.40. The van der Waals surface area contributed by atoms with E-state index in [0.717, 1.165) is 37.1 Å². The molecule has 0 spiro atoms. The molecule has 92 valence electrons. The lowest BCUT2D eigenvalue weighted by atomic mass is 9.86. The Morgan fingerprint density at radius 3 is 3.00 bits per heavy atom. The summed E-state index contributed by atoms with van der Waals surface area (Å²) in [6.45, 7) is 2.18. The van der Waals surface area contributed by atoms with E-state index in [0.29, 0.717) is 11.8 Å². The average molecular weight is 235 g/mol. The summed E-state index contributed by atoms with van der Waals surface area (Å²) < 4.78 is 19.3. The van der Waals surface area contributed by atoms with Gasteiger partial charge in [0, 0.05) is 24.2 Å². The van der Waals surface area contributed by atoms with E-state index in [9.17, 15) is 4.39 Å². The van der Waals surface area contributed by atoms with E-state index in [4.69, 9.17) is 4.74 Å². The van der Waals surface area contributed by atoms with Crippen molar-refractivity contribution in [3.05, 3.63) is 29.1 Å². The molecular weight excluding hydrogens is 217 g/mol. The summed E-state index contributed by atoms with van der Waals surface area (Å²) in [4.78, 5) is 2.43. The Morgan fingerprint density at radius 1 is 1.29 bits per heavy atom. The molecule has 2 aliphatic rings. The van der Waals surface area contributed by atoms with Gasteiger partial charge in [-0.1, -0.05) is 6.42 Å². The lowest BCUT2D eigenvalue weighted by molar-refractivity contribution is 0.134. The molecule has 1 fully saturated rings. The topological polar surface area (TPSA) is 12.5 Å². The van der Waals surface area contributed by atoms with Crippen LogP contribution >= 0.6 is 0 Å². The molecule has 0 saturated carbocycles. The zero-order chi connectivity index (χ0) is 11.8. The number of ether oxygens (including phenoxy) is 1. The third-order valence-corrected chi connectivity index (χ3v) is 4.04. The van der Waals surface area contributed by atoms with Crippen molar-refractivity contribution in [3.63, 3.8) is 0 Å². The van der Waals surface area contributed by atoms with Crippen LogP contribution in [-0.2, 0) is 6.42 Å². The van der Waals surface area contributed by atoms with Crippen LogP contribution in [-0.4, -0.2) is 25.1 Å². The molecule has 0 bridgehead atoms. The number of benzene rings is 1. The maximum absolute atomic E-state index is 14.2. The number of halogens is 1. The molecule has 0 N–H and O–H groups in total. The highest BCUT2D eigenvalue weighted by Crippen LogP contribution is 2.39. The van der Waals surface area contributed by atoms with Gasteiger partial charge in [-0.05, 0) is 37.4 Å². The summed E-state index contributed by atoms with van der Waals surface area (Å²) in [6, 6.07) is 3.83. The van der Waals surface area contributed by atoms with Crippen molar-refractivity contribution < 1.29 is 9.13 Å². The first kappa shape index (κ1) is 11.0. The van der Waals surface area contributed by atoms with E-state index in [-0.39, 0.29) is 5.82 Å². The van der Waals surface area contributed by atoms with Gasteiger partial charge in [0.25, 0.3) is 0 Å². The van der Waals surface area contributed by atoms with Crippen molar-refractivity contribution in [2.45, 2.75) is 31.7 Å². The average Bonchev–Trinajstić information content (AvgIpc) is 2.37. The van der Waals surface area contributed by atoms with E-state index in [2.05, 4.69) is 4.90 Å². The Morgan fingerprint density at radius 2 is 2.18 bits per heavy atom. The normalized spacial score (nSPS) is 24.0.